The summed E-state index contributed by atoms with van der Waals surface area (Å²) in [6.45, 7) is 3.38. The van der Waals surface area contributed by atoms with Gasteiger partial charge in [-0.25, -0.2) is 18.7 Å². The van der Waals surface area contributed by atoms with Crippen LogP contribution in [-0.4, -0.2) is 19.7 Å². The predicted molar refractivity (Wildman–Crippen MR) is 122 cm³/mol. The maximum atomic E-state index is 12.9. The lowest BCUT2D eigenvalue weighted by Crippen LogP contribution is -2.11. The van der Waals surface area contributed by atoms with Crippen molar-refractivity contribution in [1.82, 2.24) is 19.7 Å². The minimum absolute atomic E-state index is 0.0231. The van der Waals surface area contributed by atoms with Crippen LogP contribution >= 0.6 is 0 Å². The molecule has 3 aromatic rings. The first-order valence-electron chi connectivity index (χ1n) is 10.8. The Morgan fingerprint density at radius 1 is 1.16 bits per heavy atom. The van der Waals surface area contributed by atoms with E-state index in [1.165, 1.54) is 50.3 Å². The van der Waals surface area contributed by atoms with Gasteiger partial charge in [-0.05, 0) is 24.1 Å². The Hall–Kier alpha value is -3.29. The summed E-state index contributed by atoms with van der Waals surface area (Å²) in [4.78, 5) is 9.08. The third-order valence-corrected chi connectivity index (χ3v) is 5.63. The van der Waals surface area contributed by atoms with E-state index in [1.54, 1.807) is 10.9 Å². The number of anilines is 1. The van der Waals surface area contributed by atoms with Crippen LogP contribution in [0.15, 0.2) is 48.9 Å². The molecule has 1 fully saturated rings. The van der Waals surface area contributed by atoms with E-state index in [0.717, 1.165) is 29.4 Å². The van der Waals surface area contributed by atoms with Gasteiger partial charge >= 0.3 is 0 Å². The minimum Gasteiger partial charge on any atom is -0.402 e. The first-order chi connectivity index (χ1) is 15.3. The maximum Gasteiger partial charge on any atom is 0.130 e. The predicted octanol–water partition coefficient (Wildman–Crippen LogP) is 4.56. The number of aryl methyl sites for hydroxylation is 1. The molecule has 0 saturated heterocycles. The summed E-state index contributed by atoms with van der Waals surface area (Å²) in [5, 5.41) is 4.17. The summed E-state index contributed by atoms with van der Waals surface area (Å²) >= 11 is 0. The van der Waals surface area contributed by atoms with E-state index in [2.05, 4.69) is 21.6 Å². The molecule has 0 aliphatic heterocycles. The van der Waals surface area contributed by atoms with Crippen molar-refractivity contribution in [3.63, 3.8) is 0 Å². The molecule has 6 nitrogen and oxygen atoms in total. The monoisotopic (exact) mass is 440 g/mol. The molecule has 32 heavy (non-hydrogen) atoms. The van der Waals surface area contributed by atoms with Crippen LogP contribution in [0.25, 0.3) is 11.3 Å². The number of allylic oxidation sites excluding steroid dienone is 1. The van der Waals surface area contributed by atoms with E-state index in [9.17, 15) is 8.78 Å². The molecule has 0 amide bonds. The van der Waals surface area contributed by atoms with Crippen LogP contribution < -0.4 is 11.5 Å². The molecule has 4 rings (SSSR count). The largest absolute Gasteiger partial charge is 0.402 e. The van der Waals surface area contributed by atoms with E-state index in [4.69, 9.17) is 11.5 Å². The van der Waals surface area contributed by atoms with Crippen molar-refractivity contribution < 1.29 is 8.78 Å². The molecule has 4 N–H and O–H groups in total. The summed E-state index contributed by atoms with van der Waals surface area (Å²) in [5.41, 5.74) is 13.2. The smallest absolute Gasteiger partial charge is 0.130 e. The SMILES string of the molecule is C=C(N)Cc1c(F)cccc1F.Cn1ncc(-c2ccnc(CC3CCCCC3)n2)c1N. The van der Waals surface area contributed by atoms with E-state index in [0.29, 0.717) is 5.82 Å². The quantitative estimate of drug-likeness (QED) is 0.606. The van der Waals surface area contributed by atoms with E-state index in [-0.39, 0.29) is 17.7 Å². The standard InChI is InChI=1S/C15H21N5.C9H9F2N/c1-20-15(16)12(10-18-20)13-7-8-17-14(19-13)9-11-5-3-2-4-6-11;1-6(12)5-7-8(10)3-2-4-9(7)11/h7-8,10-11H,2-6,9,16H2,1H3;2-4H,1,5,12H2. The topological polar surface area (TPSA) is 95.6 Å². The lowest BCUT2D eigenvalue weighted by molar-refractivity contribution is 0.351. The van der Waals surface area contributed by atoms with Gasteiger partial charge in [0.15, 0.2) is 0 Å². The molecule has 0 bridgehead atoms. The lowest BCUT2D eigenvalue weighted by Gasteiger charge is -2.20. The molecule has 2 aromatic heterocycles. The van der Waals surface area contributed by atoms with Crippen LogP contribution in [-0.2, 0) is 19.9 Å². The second kappa shape index (κ2) is 10.8. The van der Waals surface area contributed by atoms with Crippen molar-refractivity contribution in [2.24, 2.45) is 18.7 Å². The van der Waals surface area contributed by atoms with Gasteiger partial charge in [-0.15, -0.1) is 0 Å². The highest BCUT2D eigenvalue weighted by molar-refractivity contribution is 5.70. The Morgan fingerprint density at radius 2 is 1.84 bits per heavy atom. The second-order valence-corrected chi connectivity index (χ2v) is 8.17. The Labute approximate surface area is 187 Å². The van der Waals surface area contributed by atoms with Crippen molar-refractivity contribution in [3.8, 4) is 11.3 Å². The normalized spacial score (nSPS) is 14.0. The molecule has 170 valence electrons. The molecular weight excluding hydrogens is 410 g/mol. The molecule has 1 aliphatic carbocycles. The highest BCUT2D eigenvalue weighted by atomic mass is 19.1. The highest BCUT2D eigenvalue weighted by Crippen LogP contribution is 2.27. The van der Waals surface area contributed by atoms with Crippen molar-refractivity contribution in [2.45, 2.75) is 44.9 Å². The molecule has 0 spiro atoms. The van der Waals surface area contributed by atoms with Crippen molar-refractivity contribution in [3.05, 3.63) is 72.0 Å². The van der Waals surface area contributed by atoms with Crippen LogP contribution in [0.3, 0.4) is 0 Å². The molecule has 0 radical (unpaired) electrons. The number of nitrogen functional groups attached to an aromatic ring is 1. The summed E-state index contributed by atoms with van der Waals surface area (Å²) in [5.74, 6) is 1.15. The summed E-state index contributed by atoms with van der Waals surface area (Å²) in [6, 6.07) is 5.61. The molecule has 1 aromatic carbocycles. The lowest BCUT2D eigenvalue weighted by atomic mass is 9.87. The van der Waals surface area contributed by atoms with Crippen LogP contribution in [0, 0.1) is 17.6 Å². The van der Waals surface area contributed by atoms with Gasteiger partial charge < -0.3 is 11.5 Å². The van der Waals surface area contributed by atoms with Crippen LogP contribution in [0.5, 0.6) is 0 Å². The fraction of sp³-hybridized carbons (Fsp3) is 0.375. The first-order valence-corrected chi connectivity index (χ1v) is 10.8. The fourth-order valence-corrected chi connectivity index (χ4v) is 3.87. The zero-order valence-corrected chi connectivity index (χ0v) is 18.4. The number of rotatable bonds is 5. The van der Waals surface area contributed by atoms with Gasteiger partial charge in [-0.3, -0.25) is 4.68 Å². The first kappa shape index (κ1) is 23.4. The van der Waals surface area contributed by atoms with Gasteiger partial charge in [0.1, 0.15) is 23.3 Å². The van der Waals surface area contributed by atoms with Gasteiger partial charge in [0.05, 0.1) is 17.5 Å². The number of nitrogens with zero attached hydrogens (tertiary/aromatic N) is 4. The number of nitrogens with two attached hydrogens (primary N) is 2. The highest BCUT2D eigenvalue weighted by Gasteiger charge is 2.16. The average molecular weight is 441 g/mol. The average Bonchev–Trinajstić information content (AvgIpc) is 3.11. The van der Waals surface area contributed by atoms with E-state index >= 15 is 0 Å². The third kappa shape index (κ3) is 6.12. The molecule has 1 saturated carbocycles. The molecule has 1 aliphatic rings. The third-order valence-electron chi connectivity index (χ3n) is 5.63. The second-order valence-electron chi connectivity index (χ2n) is 8.17. The Balaban J connectivity index is 0.000000207. The van der Waals surface area contributed by atoms with Gasteiger partial charge in [0.25, 0.3) is 0 Å². The van der Waals surface area contributed by atoms with E-state index in [1.807, 2.05) is 19.3 Å². The number of aromatic nitrogens is 4. The summed E-state index contributed by atoms with van der Waals surface area (Å²) in [6.07, 6.45) is 11.3. The van der Waals surface area contributed by atoms with Crippen molar-refractivity contribution >= 4 is 5.82 Å². The van der Waals surface area contributed by atoms with Gasteiger partial charge in [0.2, 0.25) is 0 Å². The molecule has 8 heteroatoms. The zero-order valence-electron chi connectivity index (χ0n) is 18.4. The fourth-order valence-electron chi connectivity index (χ4n) is 3.87. The summed E-state index contributed by atoms with van der Waals surface area (Å²) < 4.78 is 27.4. The van der Waals surface area contributed by atoms with Crippen molar-refractivity contribution in [2.75, 3.05) is 5.73 Å². The Bertz CT molecular complexity index is 1040. The number of halogens is 2. The minimum atomic E-state index is -0.582. The van der Waals surface area contributed by atoms with Gasteiger partial charge in [-0.1, -0.05) is 44.7 Å². The Kier molecular flexibility index (Phi) is 7.92. The maximum absolute atomic E-state index is 12.9. The molecular formula is C24H30F2N6. The molecule has 2 heterocycles. The Morgan fingerprint density at radius 3 is 2.44 bits per heavy atom. The van der Waals surface area contributed by atoms with Crippen LogP contribution in [0.4, 0.5) is 14.6 Å². The van der Waals surface area contributed by atoms with Crippen molar-refractivity contribution in [1.29, 1.82) is 0 Å². The molecule has 0 atom stereocenters. The van der Waals surface area contributed by atoms with Crippen LogP contribution in [0.2, 0.25) is 0 Å². The zero-order chi connectivity index (χ0) is 23.1. The number of hydrogen-bond acceptors (Lipinski definition) is 5. The van der Waals surface area contributed by atoms with E-state index < -0.39 is 11.6 Å². The summed E-state index contributed by atoms with van der Waals surface area (Å²) in [7, 11) is 1.84. The van der Waals surface area contributed by atoms with Gasteiger partial charge in [0, 0.05) is 37.3 Å². The van der Waals surface area contributed by atoms with Crippen LogP contribution in [0.1, 0.15) is 43.5 Å². The van der Waals surface area contributed by atoms with Gasteiger partial charge in [-0.2, -0.15) is 5.10 Å². The molecule has 0 unspecified atom stereocenters. The number of hydrogen-bond donors (Lipinski definition) is 2. The number of benzene rings is 1.